The number of amides is 4. The van der Waals surface area contributed by atoms with Gasteiger partial charge in [0.05, 0.1) is 71.2 Å². The van der Waals surface area contributed by atoms with Crippen molar-refractivity contribution in [2.75, 3.05) is 27.3 Å². The summed E-state index contributed by atoms with van der Waals surface area (Å²) in [6, 6.07) is 10.9. The molecular formula is C50H60N10O7S. The van der Waals surface area contributed by atoms with Crippen LogP contribution in [0, 0.1) is 18.8 Å². The van der Waals surface area contributed by atoms with E-state index in [0.29, 0.717) is 24.7 Å². The lowest BCUT2D eigenvalue weighted by atomic mass is 9.98. The highest BCUT2D eigenvalue weighted by Crippen LogP contribution is 2.48. The van der Waals surface area contributed by atoms with Crippen LogP contribution in [0.1, 0.15) is 112 Å². The molecule has 0 spiro atoms. The number of nitrogens with zero attached hydrogens (tertiary/aromatic N) is 6. The molecule has 4 aromatic heterocycles. The lowest BCUT2D eigenvalue weighted by Gasteiger charge is -2.30. The molecule has 2 saturated heterocycles. The van der Waals surface area contributed by atoms with Crippen molar-refractivity contribution in [2.45, 2.75) is 110 Å². The van der Waals surface area contributed by atoms with E-state index in [1.165, 1.54) is 14.2 Å². The number of nitrogens with one attached hydrogen (secondary N) is 4. The Bertz CT molecular complexity index is 2860. The first-order valence-electron chi connectivity index (χ1n) is 23.6. The van der Waals surface area contributed by atoms with Crippen molar-refractivity contribution in [1.82, 2.24) is 49.9 Å². The Hall–Kier alpha value is -6.69. The Morgan fingerprint density at radius 2 is 1.38 bits per heavy atom. The summed E-state index contributed by atoms with van der Waals surface area (Å²) in [6.07, 6.45) is 8.84. The van der Waals surface area contributed by atoms with Crippen LogP contribution in [-0.2, 0) is 25.5 Å². The number of alkyl carbamates (subject to hydrolysis) is 2. The van der Waals surface area contributed by atoms with Gasteiger partial charge in [-0.05, 0) is 93.2 Å². The maximum atomic E-state index is 13.9. The van der Waals surface area contributed by atoms with Gasteiger partial charge in [0.25, 0.3) is 0 Å². The van der Waals surface area contributed by atoms with E-state index in [4.69, 9.17) is 29.2 Å². The zero-order chi connectivity index (χ0) is 48.0. The lowest BCUT2D eigenvalue weighted by Crippen LogP contribution is -2.51. The highest BCUT2D eigenvalue weighted by molar-refractivity contribution is 7.11. The minimum atomic E-state index is -0.725. The van der Waals surface area contributed by atoms with Crippen LogP contribution in [0.2, 0.25) is 0 Å². The van der Waals surface area contributed by atoms with Crippen molar-refractivity contribution in [3.8, 4) is 39.5 Å². The topological polar surface area (TPSA) is 202 Å². The molecule has 5 atom stereocenters. The van der Waals surface area contributed by atoms with Crippen LogP contribution in [0.25, 0.3) is 44.7 Å². The van der Waals surface area contributed by atoms with E-state index < -0.39 is 30.5 Å². The highest BCUT2D eigenvalue weighted by atomic mass is 32.1. The molecule has 0 aliphatic carbocycles. The van der Waals surface area contributed by atoms with Crippen molar-refractivity contribution in [2.24, 2.45) is 11.8 Å². The number of aromatic nitrogens is 6. The number of thiazole rings is 1. The molecule has 68 heavy (non-hydrogen) atoms. The molecule has 358 valence electrons. The van der Waals surface area contributed by atoms with Gasteiger partial charge in [0.1, 0.15) is 29.5 Å². The normalized spacial score (nSPS) is 18.6. The summed E-state index contributed by atoms with van der Waals surface area (Å²) in [4.78, 5) is 78.1. The van der Waals surface area contributed by atoms with Gasteiger partial charge in [-0.1, -0.05) is 40.7 Å². The Balaban J connectivity index is 1.03. The van der Waals surface area contributed by atoms with Crippen LogP contribution in [0.4, 0.5) is 9.59 Å². The number of imidazole rings is 2. The zero-order valence-electron chi connectivity index (χ0n) is 39.8. The maximum Gasteiger partial charge on any atom is 0.407 e. The van der Waals surface area contributed by atoms with E-state index >= 15 is 0 Å². The lowest BCUT2D eigenvalue weighted by molar-refractivity contribution is -0.136. The molecule has 7 heterocycles. The van der Waals surface area contributed by atoms with Gasteiger partial charge in [-0.15, -0.1) is 11.3 Å². The summed E-state index contributed by atoms with van der Waals surface area (Å²) in [6.45, 7) is 13.0. The fourth-order valence-electron chi connectivity index (χ4n) is 10.00. The van der Waals surface area contributed by atoms with E-state index in [1.54, 1.807) is 11.3 Å². The number of benzene rings is 2. The van der Waals surface area contributed by atoms with Crippen molar-refractivity contribution >= 4 is 46.2 Å². The molecule has 0 saturated carbocycles. The number of H-pyrrole nitrogens is 2. The number of rotatable bonds is 13. The summed E-state index contributed by atoms with van der Waals surface area (Å²) in [7, 11) is 2.59. The van der Waals surface area contributed by atoms with Gasteiger partial charge >= 0.3 is 12.2 Å². The number of carbonyl (C=O) groups is 4. The first-order valence-corrected chi connectivity index (χ1v) is 24.4. The van der Waals surface area contributed by atoms with E-state index in [0.717, 1.165) is 104 Å². The second kappa shape index (κ2) is 19.1. The molecule has 2 unspecified atom stereocenters. The summed E-state index contributed by atoms with van der Waals surface area (Å²) in [5, 5.41) is 7.54. The van der Waals surface area contributed by atoms with Gasteiger partial charge in [0.2, 0.25) is 18.0 Å². The highest BCUT2D eigenvalue weighted by Gasteiger charge is 2.40. The maximum absolute atomic E-state index is 13.9. The third-order valence-corrected chi connectivity index (χ3v) is 14.5. The molecule has 4 N–H and O–H groups in total. The number of fused-ring (bicyclic) bond motifs is 5. The molecule has 9 rings (SSSR count). The van der Waals surface area contributed by atoms with Gasteiger partial charge in [0.15, 0.2) is 0 Å². The Morgan fingerprint density at radius 1 is 0.794 bits per heavy atom. The molecule has 2 aromatic carbocycles. The average molecular weight is 945 g/mol. The molecule has 6 aromatic rings. The largest absolute Gasteiger partial charge is 0.464 e. The van der Waals surface area contributed by atoms with Gasteiger partial charge in [0, 0.05) is 41.4 Å². The zero-order valence-corrected chi connectivity index (χ0v) is 40.7. The fourth-order valence-corrected chi connectivity index (χ4v) is 11.0. The predicted octanol–water partition coefficient (Wildman–Crippen LogP) is 8.83. The van der Waals surface area contributed by atoms with E-state index in [2.05, 4.69) is 75.4 Å². The number of hydrogen-bond acceptors (Lipinski definition) is 11. The third kappa shape index (κ3) is 8.69. The van der Waals surface area contributed by atoms with Crippen molar-refractivity contribution < 1.29 is 33.4 Å². The average Bonchev–Trinajstić information content (AvgIpc) is 4.19. The van der Waals surface area contributed by atoms with E-state index in [1.807, 2.05) is 56.1 Å². The predicted molar refractivity (Wildman–Crippen MR) is 258 cm³/mol. The van der Waals surface area contributed by atoms with Crippen molar-refractivity contribution in [3.05, 3.63) is 82.1 Å². The monoisotopic (exact) mass is 944 g/mol. The Morgan fingerprint density at radius 3 is 1.94 bits per heavy atom. The Labute approximate surface area is 399 Å². The smallest absolute Gasteiger partial charge is 0.407 e. The fraction of sp³-hybridized carbons (Fsp3) is 0.460. The van der Waals surface area contributed by atoms with Crippen LogP contribution >= 0.6 is 11.3 Å². The van der Waals surface area contributed by atoms with Crippen LogP contribution < -0.4 is 15.4 Å². The second-order valence-electron chi connectivity index (χ2n) is 18.7. The first-order chi connectivity index (χ1) is 32.8. The number of likely N-dealkylation sites (tertiary alicyclic amines) is 2. The SMILES string of the molecule is CCCc1ncc(C2Oc3cc(-c4cnc([C@@H]5CCCN5C(=O)[C@@H](NC(=O)OC)C(C)C)[nH]4)cc(C)c3-c3cc4cc(-c5cnc([C@@H]6CCCN6C(=O)C(NC(=O)OC)C(C)C)[nH]5)ccc4n32)s1. The summed E-state index contributed by atoms with van der Waals surface area (Å²) < 4.78 is 19.0. The minimum absolute atomic E-state index is 0.131. The molecular weight excluding hydrogens is 885 g/mol. The van der Waals surface area contributed by atoms with Gasteiger partial charge in [-0.25, -0.2) is 24.5 Å². The number of methoxy groups -OCH3 is 2. The van der Waals surface area contributed by atoms with Crippen LogP contribution in [0.5, 0.6) is 5.75 Å². The van der Waals surface area contributed by atoms with Gasteiger partial charge in [-0.3, -0.25) is 14.2 Å². The molecule has 3 aliphatic heterocycles. The number of aromatic amines is 2. The molecule has 2 fully saturated rings. The van der Waals surface area contributed by atoms with Crippen LogP contribution in [-0.4, -0.2) is 103 Å². The molecule has 3 aliphatic rings. The number of ether oxygens (including phenoxy) is 3. The minimum Gasteiger partial charge on any atom is -0.464 e. The van der Waals surface area contributed by atoms with Crippen molar-refractivity contribution in [3.63, 3.8) is 0 Å². The van der Waals surface area contributed by atoms with Gasteiger partial charge in [-0.2, -0.15) is 0 Å². The van der Waals surface area contributed by atoms with E-state index in [-0.39, 0.29) is 35.7 Å². The molecule has 18 heteroatoms. The first kappa shape index (κ1) is 46.4. The molecule has 0 bridgehead atoms. The number of aryl methyl sites for hydroxylation is 2. The summed E-state index contributed by atoms with van der Waals surface area (Å²) in [5.74, 6) is 1.55. The van der Waals surface area contributed by atoms with E-state index in [9.17, 15) is 19.2 Å². The second-order valence-corrected chi connectivity index (χ2v) is 19.8. The number of hydrogen-bond donors (Lipinski definition) is 4. The summed E-state index contributed by atoms with van der Waals surface area (Å²) >= 11 is 1.67. The summed E-state index contributed by atoms with van der Waals surface area (Å²) in [5.41, 5.74) is 7.54. The molecule has 0 radical (unpaired) electrons. The van der Waals surface area contributed by atoms with Gasteiger partial charge < -0.3 is 44.6 Å². The number of carbonyl (C=O) groups excluding carboxylic acids is 4. The quantitative estimate of drug-likeness (QED) is 0.0867. The third-order valence-electron chi connectivity index (χ3n) is 13.4. The van der Waals surface area contributed by atoms with Crippen molar-refractivity contribution in [1.29, 1.82) is 0 Å². The van der Waals surface area contributed by atoms with Crippen LogP contribution in [0.15, 0.2) is 55.0 Å². The molecule has 17 nitrogen and oxygen atoms in total. The van der Waals surface area contributed by atoms with Crippen LogP contribution in [0.3, 0.4) is 0 Å². The Kier molecular flexibility index (Phi) is 13.1. The standard InChI is InChI=1S/C50H60N10O7S/c1-9-12-40-51-25-39(68-40)48-60-34-16-15-29(32-23-52-44(54-32)35-13-10-17-58(35)46(61)42(26(2)3)56-49(63)65-7)20-31(34)21-37(60)41-28(6)19-30(22-38(41)67-48)33-24-53-45(55-33)36-14-11-18-59(36)47(62)43(27(4)5)57-50(64)66-8/h15-16,19-27,35-36,42-43,48H,9-14,17-18H2,1-8H3,(H,52,54)(H,53,55)(H,56,63)(H,57,64)/t35-,36-,42?,43-,48?/m0/s1. The molecule has 4 amide bonds.